The number of halogens is 1. The van der Waals surface area contributed by atoms with Gasteiger partial charge in [0, 0.05) is 18.8 Å². The third-order valence-corrected chi connectivity index (χ3v) is 3.67. The van der Waals surface area contributed by atoms with Crippen LogP contribution in [0.5, 0.6) is 0 Å². The van der Waals surface area contributed by atoms with E-state index < -0.39 is 11.8 Å². The minimum absolute atomic E-state index is 0.0296. The molecular formula is C14H19FN2O2. The highest BCUT2D eigenvalue weighted by Gasteiger charge is 2.25. The first-order valence-electron chi connectivity index (χ1n) is 6.60. The Morgan fingerprint density at radius 2 is 2.32 bits per heavy atom. The normalized spacial score (nSPS) is 18.8. The van der Waals surface area contributed by atoms with E-state index in [1.807, 2.05) is 4.90 Å². The van der Waals surface area contributed by atoms with Gasteiger partial charge >= 0.3 is 5.97 Å². The predicted octanol–water partition coefficient (Wildman–Crippen LogP) is 2.73. The van der Waals surface area contributed by atoms with Crippen LogP contribution in [0.15, 0.2) is 12.1 Å². The third kappa shape index (κ3) is 2.80. The molecule has 4 nitrogen and oxygen atoms in total. The molecule has 1 saturated heterocycles. The Balaban J connectivity index is 2.25. The molecular weight excluding hydrogens is 247 g/mol. The van der Waals surface area contributed by atoms with Gasteiger partial charge in [0.05, 0.1) is 11.3 Å². The zero-order chi connectivity index (χ0) is 14.0. The fourth-order valence-corrected chi connectivity index (χ4v) is 2.70. The van der Waals surface area contributed by atoms with Crippen LogP contribution in [0.4, 0.5) is 15.8 Å². The lowest BCUT2D eigenvalue weighted by Gasteiger charge is -2.20. The number of hydrogen-bond acceptors (Lipinski definition) is 3. The second kappa shape index (κ2) is 5.47. The van der Waals surface area contributed by atoms with Gasteiger partial charge in [0.2, 0.25) is 0 Å². The Morgan fingerprint density at radius 1 is 1.58 bits per heavy atom. The lowest BCUT2D eigenvalue weighted by Crippen LogP contribution is -2.21. The molecule has 0 radical (unpaired) electrons. The molecule has 1 aromatic carbocycles. The van der Waals surface area contributed by atoms with Crippen LogP contribution in [0.1, 0.15) is 36.5 Å². The minimum Gasteiger partial charge on any atom is -0.478 e. The van der Waals surface area contributed by atoms with Gasteiger partial charge in [-0.25, -0.2) is 9.18 Å². The molecule has 1 unspecified atom stereocenters. The van der Waals surface area contributed by atoms with Gasteiger partial charge in [-0.1, -0.05) is 13.3 Å². The fourth-order valence-electron chi connectivity index (χ4n) is 2.70. The minimum atomic E-state index is -1.12. The summed E-state index contributed by atoms with van der Waals surface area (Å²) in [6.07, 6.45) is 3.27. The van der Waals surface area contributed by atoms with Crippen molar-refractivity contribution in [2.24, 2.45) is 5.92 Å². The van der Waals surface area contributed by atoms with Crippen molar-refractivity contribution in [1.29, 1.82) is 0 Å². The molecule has 0 aromatic heterocycles. The summed E-state index contributed by atoms with van der Waals surface area (Å²) in [7, 11) is 0. The monoisotopic (exact) mass is 266 g/mol. The van der Waals surface area contributed by atoms with Crippen molar-refractivity contribution in [2.45, 2.75) is 26.2 Å². The lowest BCUT2D eigenvalue weighted by molar-refractivity contribution is 0.0698. The number of aromatic carboxylic acids is 1. The number of carboxylic acids is 1. The molecule has 5 heteroatoms. The Labute approximate surface area is 112 Å². The molecule has 1 aliphatic heterocycles. The molecule has 0 saturated carbocycles. The number of benzene rings is 1. The largest absolute Gasteiger partial charge is 0.478 e. The lowest BCUT2D eigenvalue weighted by atomic mass is 10.0. The third-order valence-electron chi connectivity index (χ3n) is 3.67. The van der Waals surface area contributed by atoms with Crippen LogP contribution >= 0.6 is 0 Å². The van der Waals surface area contributed by atoms with E-state index in [2.05, 4.69) is 6.92 Å². The number of nitrogen functional groups attached to an aromatic ring is 1. The Morgan fingerprint density at radius 3 is 2.95 bits per heavy atom. The maximum absolute atomic E-state index is 13.9. The zero-order valence-corrected chi connectivity index (χ0v) is 11.0. The van der Waals surface area contributed by atoms with Gasteiger partial charge in [-0.05, 0) is 30.9 Å². The summed E-state index contributed by atoms with van der Waals surface area (Å²) in [5, 5.41) is 9.04. The van der Waals surface area contributed by atoms with Gasteiger partial charge in [0.15, 0.2) is 0 Å². The molecule has 104 valence electrons. The van der Waals surface area contributed by atoms with E-state index in [0.29, 0.717) is 11.6 Å². The van der Waals surface area contributed by atoms with Crippen molar-refractivity contribution in [1.82, 2.24) is 0 Å². The van der Waals surface area contributed by atoms with Crippen LogP contribution in [0, 0.1) is 11.7 Å². The van der Waals surface area contributed by atoms with Crippen LogP contribution in [0.3, 0.4) is 0 Å². The topological polar surface area (TPSA) is 66.6 Å². The van der Waals surface area contributed by atoms with Gasteiger partial charge in [-0.2, -0.15) is 0 Å². The van der Waals surface area contributed by atoms with Crippen LogP contribution in [0.2, 0.25) is 0 Å². The van der Waals surface area contributed by atoms with Gasteiger partial charge in [0.1, 0.15) is 5.82 Å². The number of nitrogens with zero attached hydrogens (tertiary/aromatic N) is 1. The van der Waals surface area contributed by atoms with E-state index in [-0.39, 0.29) is 11.3 Å². The zero-order valence-electron chi connectivity index (χ0n) is 11.0. The number of nitrogens with two attached hydrogens (primary N) is 1. The number of carbonyl (C=O) groups is 1. The Hall–Kier alpha value is -1.78. The van der Waals surface area contributed by atoms with Gasteiger partial charge in [0.25, 0.3) is 0 Å². The summed E-state index contributed by atoms with van der Waals surface area (Å²) < 4.78 is 13.9. The maximum Gasteiger partial charge on any atom is 0.337 e. The van der Waals surface area contributed by atoms with E-state index in [1.54, 1.807) is 0 Å². The molecule has 1 aromatic rings. The van der Waals surface area contributed by atoms with E-state index in [0.717, 1.165) is 38.4 Å². The maximum atomic E-state index is 13.9. The van der Waals surface area contributed by atoms with Gasteiger partial charge < -0.3 is 15.7 Å². The van der Waals surface area contributed by atoms with Crippen molar-refractivity contribution < 1.29 is 14.3 Å². The van der Waals surface area contributed by atoms with Crippen molar-refractivity contribution in [3.8, 4) is 0 Å². The van der Waals surface area contributed by atoms with E-state index in [4.69, 9.17) is 10.8 Å². The number of hydrogen-bond donors (Lipinski definition) is 2. The van der Waals surface area contributed by atoms with E-state index >= 15 is 0 Å². The van der Waals surface area contributed by atoms with Crippen molar-refractivity contribution in [3.63, 3.8) is 0 Å². The number of carboxylic acid groups (broad SMARTS) is 1. The SMILES string of the molecule is CCCC1CCN(c2cc(C(=O)O)c(N)cc2F)C1. The second-order valence-electron chi connectivity index (χ2n) is 5.09. The summed E-state index contributed by atoms with van der Waals surface area (Å²) in [5.41, 5.74) is 5.82. The van der Waals surface area contributed by atoms with Gasteiger partial charge in [-0.3, -0.25) is 0 Å². The summed E-state index contributed by atoms with van der Waals surface area (Å²) in [5.74, 6) is -1.00. The van der Waals surface area contributed by atoms with Gasteiger partial charge in [-0.15, -0.1) is 0 Å². The summed E-state index contributed by atoms with van der Waals surface area (Å²) >= 11 is 0. The molecule has 19 heavy (non-hydrogen) atoms. The molecule has 3 N–H and O–H groups in total. The first kappa shape index (κ1) is 13.6. The van der Waals surface area contributed by atoms with Crippen LogP contribution in [-0.4, -0.2) is 24.2 Å². The smallest absolute Gasteiger partial charge is 0.337 e. The average Bonchev–Trinajstić information content (AvgIpc) is 2.77. The fraction of sp³-hybridized carbons (Fsp3) is 0.500. The summed E-state index contributed by atoms with van der Waals surface area (Å²) in [6, 6.07) is 2.45. The number of rotatable bonds is 4. The summed E-state index contributed by atoms with van der Waals surface area (Å²) in [4.78, 5) is 13.0. The summed E-state index contributed by atoms with van der Waals surface area (Å²) in [6.45, 7) is 3.69. The molecule has 2 rings (SSSR count). The quantitative estimate of drug-likeness (QED) is 0.822. The highest BCUT2D eigenvalue weighted by molar-refractivity contribution is 5.95. The predicted molar refractivity (Wildman–Crippen MR) is 73.0 cm³/mol. The molecule has 0 spiro atoms. The van der Waals surface area contributed by atoms with Crippen molar-refractivity contribution in [3.05, 3.63) is 23.5 Å². The van der Waals surface area contributed by atoms with E-state index in [9.17, 15) is 9.18 Å². The number of anilines is 2. The van der Waals surface area contributed by atoms with Crippen LogP contribution < -0.4 is 10.6 Å². The molecule has 1 atom stereocenters. The highest BCUT2D eigenvalue weighted by atomic mass is 19.1. The highest BCUT2D eigenvalue weighted by Crippen LogP contribution is 2.31. The molecule has 0 bridgehead atoms. The van der Waals surface area contributed by atoms with Crippen LogP contribution in [0.25, 0.3) is 0 Å². The van der Waals surface area contributed by atoms with Crippen molar-refractivity contribution >= 4 is 17.3 Å². The molecule has 0 amide bonds. The van der Waals surface area contributed by atoms with Crippen LogP contribution in [-0.2, 0) is 0 Å². The standard InChI is InChI=1S/C14H19FN2O2/c1-2-3-9-4-5-17(8-9)13-6-10(14(18)19)12(16)7-11(13)15/h6-7,9H,2-5,8,16H2,1H3,(H,18,19). The molecule has 0 aliphatic carbocycles. The molecule has 1 fully saturated rings. The molecule has 1 heterocycles. The van der Waals surface area contributed by atoms with Crippen molar-refractivity contribution in [2.75, 3.05) is 23.7 Å². The second-order valence-corrected chi connectivity index (χ2v) is 5.09. The first-order valence-corrected chi connectivity index (χ1v) is 6.60. The molecule has 1 aliphatic rings. The van der Waals surface area contributed by atoms with E-state index in [1.165, 1.54) is 6.07 Å². The average molecular weight is 266 g/mol. The first-order chi connectivity index (χ1) is 9.02. The Kier molecular flexibility index (Phi) is 3.93. The Bertz CT molecular complexity index is 491.